The zero-order valence-electron chi connectivity index (χ0n) is 5.06. The smallest absolute Gasteiger partial charge is 0.135 e. The van der Waals surface area contributed by atoms with Crippen LogP contribution in [0.3, 0.4) is 0 Å². The minimum Gasteiger partial charge on any atom is -0.362 e. The van der Waals surface area contributed by atoms with Crippen LogP contribution in [0.1, 0.15) is 13.8 Å². The molecule has 0 radical (unpaired) electrons. The summed E-state index contributed by atoms with van der Waals surface area (Å²) in [6, 6.07) is 0. The molecular formula is C5H10N2S. The van der Waals surface area contributed by atoms with Gasteiger partial charge in [0.2, 0.25) is 0 Å². The van der Waals surface area contributed by atoms with Crippen molar-refractivity contribution in [3.63, 3.8) is 0 Å². The molecule has 0 saturated carbocycles. The molecule has 8 heavy (non-hydrogen) atoms. The molecular weight excluding hydrogens is 120 g/mol. The van der Waals surface area contributed by atoms with Gasteiger partial charge in [0.15, 0.2) is 0 Å². The van der Waals surface area contributed by atoms with Crippen LogP contribution in [0.2, 0.25) is 0 Å². The lowest BCUT2D eigenvalue weighted by molar-refractivity contribution is 0.597. The molecule has 0 amide bonds. The van der Waals surface area contributed by atoms with Crippen molar-refractivity contribution in [2.24, 2.45) is 5.73 Å². The highest BCUT2D eigenvalue weighted by molar-refractivity contribution is 8.03. The molecule has 0 aromatic heterocycles. The van der Waals surface area contributed by atoms with E-state index < -0.39 is 0 Å². The fourth-order valence-corrected chi connectivity index (χ4v) is 1.36. The van der Waals surface area contributed by atoms with Gasteiger partial charge in [-0.1, -0.05) is 11.8 Å². The number of hydrogen-bond acceptors (Lipinski definition) is 3. The molecule has 1 unspecified atom stereocenters. The van der Waals surface area contributed by atoms with Crippen molar-refractivity contribution in [3.05, 3.63) is 11.1 Å². The van der Waals surface area contributed by atoms with Gasteiger partial charge in [0.1, 0.15) is 4.99 Å². The Morgan fingerprint density at radius 1 is 1.88 bits per heavy atom. The van der Waals surface area contributed by atoms with Crippen LogP contribution < -0.4 is 11.1 Å². The van der Waals surface area contributed by atoms with E-state index in [2.05, 4.69) is 5.32 Å². The van der Waals surface area contributed by atoms with Crippen LogP contribution in [-0.2, 0) is 0 Å². The molecule has 1 aliphatic rings. The summed E-state index contributed by atoms with van der Waals surface area (Å²) in [5.41, 5.74) is 6.82. The Morgan fingerprint density at radius 2 is 2.50 bits per heavy atom. The SMILES string of the molecule is CC1=CSC(C)(N)N1. The van der Waals surface area contributed by atoms with Crippen LogP contribution in [0.4, 0.5) is 0 Å². The summed E-state index contributed by atoms with van der Waals surface area (Å²) in [4.78, 5) is -0.260. The predicted octanol–water partition coefficient (Wildman–Crippen LogP) is 0.817. The van der Waals surface area contributed by atoms with E-state index in [1.54, 1.807) is 11.8 Å². The minimum atomic E-state index is -0.260. The number of hydrogen-bond donors (Lipinski definition) is 2. The molecule has 1 aliphatic heterocycles. The normalized spacial score (nSPS) is 36.6. The zero-order chi connectivity index (χ0) is 6.20. The van der Waals surface area contributed by atoms with Gasteiger partial charge < -0.3 is 11.1 Å². The van der Waals surface area contributed by atoms with Gasteiger partial charge in [0.05, 0.1) is 0 Å². The zero-order valence-corrected chi connectivity index (χ0v) is 5.88. The molecule has 0 aliphatic carbocycles. The molecule has 0 bridgehead atoms. The van der Waals surface area contributed by atoms with Crippen molar-refractivity contribution in [2.75, 3.05) is 0 Å². The summed E-state index contributed by atoms with van der Waals surface area (Å²) in [5, 5.41) is 5.12. The topological polar surface area (TPSA) is 38.0 Å². The average Bonchev–Trinajstić information content (AvgIpc) is 1.82. The van der Waals surface area contributed by atoms with Crippen LogP contribution in [0.25, 0.3) is 0 Å². The van der Waals surface area contributed by atoms with E-state index in [1.165, 1.54) is 0 Å². The summed E-state index contributed by atoms with van der Waals surface area (Å²) in [6.07, 6.45) is 0. The van der Waals surface area contributed by atoms with Gasteiger partial charge in [-0.2, -0.15) is 0 Å². The molecule has 1 rings (SSSR count). The van der Waals surface area contributed by atoms with E-state index in [1.807, 2.05) is 19.3 Å². The summed E-state index contributed by atoms with van der Waals surface area (Å²) < 4.78 is 0. The number of nitrogens with two attached hydrogens (primary N) is 1. The van der Waals surface area contributed by atoms with Crippen molar-refractivity contribution in [1.29, 1.82) is 0 Å². The minimum absolute atomic E-state index is 0.260. The third-order valence-electron chi connectivity index (χ3n) is 0.926. The molecule has 3 N–H and O–H groups in total. The molecule has 0 fully saturated rings. The Kier molecular flexibility index (Phi) is 1.25. The largest absolute Gasteiger partial charge is 0.362 e. The van der Waals surface area contributed by atoms with Crippen LogP contribution in [0.5, 0.6) is 0 Å². The van der Waals surface area contributed by atoms with Crippen LogP contribution in [-0.4, -0.2) is 4.99 Å². The second kappa shape index (κ2) is 1.67. The Labute approximate surface area is 53.5 Å². The lowest BCUT2D eigenvalue weighted by atomic mass is 10.5. The Balaban J connectivity index is 2.55. The third-order valence-corrected chi connectivity index (χ3v) is 1.99. The number of rotatable bonds is 0. The van der Waals surface area contributed by atoms with Crippen LogP contribution in [0, 0.1) is 0 Å². The van der Waals surface area contributed by atoms with Gasteiger partial charge in [0, 0.05) is 5.70 Å². The fourth-order valence-electron chi connectivity index (χ4n) is 0.661. The van der Waals surface area contributed by atoms with Crippen molar-refractivity contribution < 1.29 is 0 Å². The number of thioether (sulfide) groups is 1. The molecule has 46 valence electrons. The van der Waals surface area contributed by atoms with Crippen molar-refractivity contribution in [1.82, 2.24) is 5.32 Å². The first-order chi connectivity index (χ1) is 3.60. The first kappa shape index (κ1) is 5.98. The molecule has 2 nitrogen and oxygen atoms in total. The highest BCUT2D eigenvalue weighted by atomic mass is 32.2. The van der Waals surface area contributed by atoms with E-state index in [-0.39, 0.29) is 4.99 Å². The first-order valence-corrected chi connectivity index (χ1v) is 3.40. The highest BCUT2D eigenvalue weighted by Gasteiger charge is 2.21. The molecule has 1 heterocycles. The van der Waals surface area contributed by atoms with Gasteiger partial charge in [-0.3, -0.25) is 0 Å². The lowest BCUT2D eigenvalue weighted by Crippen LogP contribution is -2.42. The second-order valence-corrected chi connectivity index (χ2v) is 3.47. The summed E-state index contributed by atoms with van der Waals surface area (Å²) in [6.45, 7) is 3.95. The fraction of sp³-hybridized carbons (Fsp3) is 0.600. The third kappa shape index (κ3) is 1.17. The maximum atomic E-state index is 5.67. The van der Waals surface area contributed by atoms with Gasteiger partial charge in [-0.25, -0.2) is 0 Å². The molecule has 1 atom stereocenters. The average molecular weight is 130 g/mol. The summed E-state index contributed by atoms with van der Waals surface area (Å²) in [7, 11) is 0. The lowest BCUT2D eigenvalue weighted by Gasteiger charge is -2.17. The van der Waals surface area contributed by atoms with E-state index in [4.69, 9.17) is 5.73 Å². The second-order valence-electron chi connectivity index (χ2n) is 2.15. The van der Waals surface area contributed by atoms with Crippen molar-refractivity contribution in [2.45, 2.75) is 18.8 Å². The molecule has 0 saturated heterocycles. The maximum absolute atomic E-state index is 5.67. The highest BCUT2D eigenvalue weighted by Crippen LogP contribution is 2.25. The Hall–Kier alpha value is -0.150. The molecule has 0 aromatic carbocycles. The summed E-state index contributed by atoms with van der Waals surface area (Å²) >= 11 is 1.61. The Morgan fingerprint density at radius 3 is 2.62 bits per heavy atom. The van der Waals surface area contributed by atoms with E-state index in [0.29, 0.717) is 0 Å². The van der Waals surface area contributed by atoms with Gasteiger partial charge in [0.25, 0.3) is 0 Å². The van der Waals surface area contributed by atoms with Gasteiger partial charge >= 0.3 is 0 Å². The van der Waals surface area contributed by atoms with E-state index >= 15 is 0 Å². The van der Waals surface area contributed by atoms with Crippen molar-refractivity contribution in [3.8, 4) is 0 Å². The van der Waals surface area contributed by atoms with Gasteiger partial charge in [-0.15, -0.1) is 0 Å². The molecule has 0 aromatic rings. The molecule has 3 heteroatoms. The standard InChI is InChI=1S/C5H10N2S/c1-4-3-8-5(2,6)7-4/h3,7H,6H2,1-2H3. The monoisotopic (exact) mass is 130 g/mol. The number of nitrogens with one attached hydrogen (secondary N) is 1. The molecule has 0 spiro atoms. The summed E-state index contributed by atoms with van der Waals surface area (Å²) in [5.74, 6) is 0. The van der Waals surface area contributed by atoms with Crippen molar-refractivity contribution >= 4 is 11.8 Å². The van der Waals surface area contributed by atoms with Crippen LogP contribution >= 0.6 is 11.8 Å². The maximum Gasteiger partial charge on any atom is 0.135 e. The van der Waals surface area contributed by atoms with Gasteiger partial charge in [-0.05, 0) is 19.3 Å². The first-order valence-electron chi connectivity index (χ1n) is 2.52. The van der Waals surface area contributed by atoms with E-state index in [0.717, 1.165) is 5.70 Å². The van der Waals surface area contributed by atoms with Crippen LogP contribution in [0.15, 0.2) is 11.1 Å². The van der Waals surface area contributed by atoms with E-state index in [9.17, 15) is 0 Å². The Bertz CT molecular complexity index is 128. The quantitative estimate of drug-likeness (QED) is 0.510. The number of allylic oxidation sites excluding steroid dienone is 1. The predicted molar refractivity (Wildman–Crippen MR) is 37.1 cm³/mol.